The molecule has 0 aliphatic carbocycles. The van der Waals surface area contributed by atoms with Crippen molar-refractivity contribution in [1.82, 2.24) is 10.2 Å². The van der Waals surface area contributed by atoms with Gasteiger partial charge in [-0.05, 0) is 30.7 Å². The number of hydrogen-bond donors (Lipinski definition) is 2. The van der Waals surface area contributed by atoms with E-state index in [9.17, 15) is 9.90 Å². The SMILES string of the molecule is Cc1cc(C(=O)N2CCNCC2C#N)ccc1O. The molecule has 94 valence electrons. The molecule has 1 aromatic carbocycles. The monoisotopic (exact) mass is 245 g/mol. The van der Waals surface area contributed by atoms with Gasteiger partial charge in [0.05, 0.1) is 6.07 Å². The molecule has 1 heterocycles. The minimum absolute atomic E-state index is 0.161. The van der Waals surface area contributed by atoms with E-state index in [0.717, 1.165) is 0 Å². The summed E-state index contributed by atoms with van der Waals surface area (Å²) in [6.07, 6.45) is 0. The minimum Gasteiger partial charge on any atom is -0.508 e. The summed E-state index contributed by atoms with van der Waals surface area (Å²) in [5, 5.41) is 21.6. The van der Waals surface area contributed by atoms with Crippen LogP contribution in [0.15, 0.2) is 18.2 Å². The fourth-order valence-electron chi connectivity index (χ4n) is 2.02. The lowest BCUT2D eigenvalue weighted by Crippen LogP contribution is -2.53. The number of phenolic OH excluding ortho intramolecular Hbond substituents is 1. The second-order valence-corrected chi connectivity index (χ2v) is 4.35. The summed E-state index contributed by atoms with van der Waals surface area (Å²) in [6.45, 7) is 3.46. The van der Waals surface area contributed by atoms with Gasteiger partial charge in [-0.2, -0.15) is 5.26 Å². The summed E-state index contributed by atoms with van der Waals surface area (Å²) in [6, 6.07) is 6.43. The molecule has 2 rings (SSSR count). The molecular weight excluding hydrogens is 230 g/mol. The van der Waals surface area contributed by atoms with Crippen molar-refractivity contribution in [2.24, 2.45) is 0 Å². The lowest BCUT2D eigenvalue weighted by molar-refractivity contribution is 0.0687. The van der Waals surface area contributed by atoms with Crippen molar-refractivity contribution in [1.29, 1.82) is 5.26 Å². The highest BCUT2D eigenvalue weighted by atomic mass is 16.3. The van der Waals surface area contributed by atoms with Crippen LogP contribution >= 0.6 is 0 Å². The predicted molar refractivity (Wildman–Crippen MR) is 66.2 cm³/mol. The Bertz CT molecular complexity index is 507. The van der Waals surface area contributed by atoms with Crippen LogP contribution in [0.3, 0.4) is 0 Å². The molecule has 1 aliphatic heterocycles. The maximum atomic E-state index is 12.3. The van der Waals surface area contributed by atoms with Gasteiger partial charge in [-0.25, -0.2) is 0 Å². The Morgan fingerprint density at radius 1 is 1.61 bits per heavy atom. The minimum atomic E-state index is -0.430. The van der Waals surface area contributed by atoms with Gasteiger partial charge in [0.1, 0.15) is 11.8 Å². The molecule has 0 spiro atoms. The highest BCUT2D eigenvalue weighted by molar-refractivity contribution is 5.95. The van der Waals surface area contributed by atoms with Gasteiger partial charge >= 0.3 is 0 Å². The zero-order valence-corrected chi connectivity index (χ0v) is 10.2. The Morgan fingerprint density at radius 3 is 3.06 bits per heavy atom. The summed E-state index contributed by atoms with van der Waals surface area (Å²) in [4.78, 5) is 13.9. The molecule has 18 heavy (non-hydrogen) atoms. The van der Waals surface area contributed by atoms with E-state index in [2.05, 4.69) is 11.4 Å². The molecule has 1 atom stereocenters. The fourth-order valence-corrected chi connectivity index (χ4v) is 2.02. The predicted octanol–water partition coefficient (Wildman–Crippen LogP) is 0.638. The first-order valence-corrected chi connectivity index (χ1v) is 5.84. The summed E-state index contributed by atoms with van der Waals surface area (Å²) < 4.78 is 0. The lowest BCUT2D eigenvalue weighted by atomic mass is 10.1. The number of hydrogen-bond acceptors (Lipinski definition) is 4. The number of rotatable bonds is 1. The third kappa shape index (κ3) is 2.29. The normalized spacial score (nSPS) is 19.3. The highest BCUT2D eigenvalue weighted by Gasteiger charge is 2.27. The van der Waals surface area contributed by atoms with Gasteiger partial charge in [0.25, 0.3) is 5.91 Å². The molecule has 1 aliphatic rings. The van der Waals surface area contributed by atoms with Gasteiger partial charge in [-0.1, -0.05) is 0 Å². The standard InChI is InChI=1S/C13H15N3O2/c1-9-6-10(2-3-12(9)17)13(18)16-5-4-15-8-11(16)7-14/h2-3,6,11,15,17H,4-5,8H2,1H3. The molecule has 5 nitrogen and oxygen atoms in total. The molecule has 1 aromatic rings. The summed E-state index contributed by atoms with van der Waals surface area (Å²) in [5.41, 5.74) is 1.16. The van der Waals surface area contributed by atoms with Crippen LogP contribution in [0.4, 0.5) is 0 Å². The van der Waals surface area contributed by atoms with E-state index in [1.807, 2.05) is 0 Å². The molecule has 5 heteroatoms. The van der Waals surface area contributed by atoms with E-state index in [4.69, 9.17) is 5.26 Å². The number of aryl methyl sites for hydroxylation is 1. The molecular formula is C13H15N3O2. The summed E-state index contributed by atoms with van der Waals surface area (Å²) in [7, 11) is 0. The molecule has 2 N–H and O–H groups in total. The maximum Gasteiger partial charge on any atom is 0.255 e. The average molecular weight is 245 g/mol. The quantitative estimate of drug-likeness (QED) is 0.761. The Labute approximate surface area is 106 Å². The number of aromatic hydroxyl groups is 1. The van der Waals surface area contributed by atoms with Crippen LogP contribution in [0.25, 0.3) is 0 Å². The van der Waals surface area contributed by atoms with Crippen LogP contribution in [-0.4, -0.2) is 41.6 Å². The second kappa shape index (κ2) is 5.07. The van der Waals surface area contributed by atoms with E-state index in [1.54, 1.807) is 24.0 Å². The third-order valence-corrected chi connectivity index (χ3v) is 3.10. The van der Waals surface area contributed by atoms with E-state index in [0.29, 0.717) is 30.8 Å². The zero-order chi connectivity index (χ0) is 13.1. The Balaban J connectivity index is 2.24. The lowest BCUT2D eigenvalue weighted by Gasteiger charge is -2.32. The van der Waals surface area contributed by atoms with E-state index >= 15 is 0 Å². The second-order valence-electron chi connectivity index (χ2n) is 4.35. The number of phenols is 1. The Hall–Kier alpha value is -2.06. The van der Waals surface area contributed by atoms with Gasteiger partial charge < -0.3 is 15.3 Å². The zero-order valence-electron chi connectivity index (χ0n) is 10.2. The number of carbonyl (C=O) groups excluding carboxylic acids is 1. The number of amides is 1. The van der Waals surface area contributed by atoms with E-state index < -0.39 is 6.04 Å². The number of nitriles is 1. The highest BCUT2D eigenvalue weighted by Crippen LogP contribution is 2.19. The molecule has 1 saturated heterocycles. The molecule has 0 saturated carbocycles. The van der Waals surface area contributed by atoms with Crippen LogP contribution in [0.2, 0.25) is 0 Å². The molecule has 0 aromatic heterocycles. The number of piperazine rings is 1. The number of carbonyl (C=O) groups is 1. The largest absolute Gasteiger partial charge is 0.508 e. The number of benzene rings is 1. The van der Waals surface area contributed by atoms with Gasteiger partial charge in [0, 0.05) is 25.2 Å². The van der Waals surface area contributed by atoms with Gasteiger partial charge in [0.15, 0.2) is 0 Å². The first-order valence-electron chi connectivity index (χ1n) is 5.84. The molecule has 1 amide bonds. The molecule has 1 fully saturated rings. The van der Waals surface area contributed by atoms with Crippen molar-refractivity contribution in [2.75, 3.05) is 19.6 Å². The van der Waals surface area contributed by atoms with Crippen molar-refractivity contribution in [3.63, 3.8) is 0 Å². The fraction of sp³-hybridized carbons (Fsp3) is 0.385. The van der Waals surface area contributed by atoms with Gasteiger partial charge in [-0.3, -0.25) is 4.79 Å². The van der Waals surface area contributed by atoms with Gasteiger partial charge in [0.2, 0.25) is 0 Å². The van der Waals surface area contributed by atoms with Gasteiger partial charge in [-0.15, -0.1) is 0 Å². The first kappa shape index (κ1) is 12.4. The Morgan fingerprint density at radius 2 is 2.39 bits per heavy atom. The van der Waals surface area contributed by atoms with Crippen molar-refractivity contribution >= 4 is 5.91 Å². The van der Waals surface area contributed by atoms with Crippen molar-refractivity contribution < 1.29 is 9.90 Å². The third-order valence-electron chi connectivity index (χ3n) is 3.10. The van der Waals surface area contributed by atoms with Crippen LogP contribution < -0.4 is 5.32 Å². The summed E-state index contributed by atoms with van der Waals surface area (Å²) >= 11 is 0. The Kier molecular flexibility index (Phi) is 3.49. The van der Waals surface area contributed by atoms with E-state index in [-0.39, 0.29) is 11.7 Å². The molecule has 1 unspecified atom stereocenters. The topological polar surface area (TPSA) is 76.4 Å². The molecule has 0 radical (unpaired) electrons. The van der Waals surface area contributed by atoms with Crippen LogP contribution in [-0.2, 0) is 0 Å². The number of nitrogens with one attached hydrogen (secondary N) is 1. The van der Waals surface area contributed by atoms with Crippen LogP contribution in [0.5, 0.6) is 5.75 Å². The molecule has 0 bridgehead atoms. The van der Waals surface area contributed by atoms with Crippen LogP contribution in [0, 0.1) is 18.3 Å². The first-order chi connectivity index (χ1) is 8.63. The van der Waals surface area contributed by atoms with E-state index in [1.165, 1.54) is 6.07 Å². The van der Waals surface area contributed by atoms with Crippen molar-refractivity contribution in [3.8, 4) is 11.8 Å². The number of nitrogens with zero attached hydrogens (tertiary/aromatic N) is 2. The van der Waals surface area contributed by atoms with Crippen molar-refractivity contribution in [2.45, 2.75) is 13.0 Å². The van der Waals surface area contributed by atoms with Crippen molar-refractivity contribution in [3.05, 3.63) is 29.3 Å². The smallest absolute Gasteiger partial charge is 0.255 e. The average Bonchev–Trinajstić information content (AvgIpc) is 2.41. The van der Waals surface area contributed by atoms with Crippen LogP contribution in [0.1, 0.15) is 15.9 Å². The summed E-state index contributed by atoms with van der Waals surface area (Å²) in [5.74, 6) is 0.00911. The maximum absolute atomic E-state index is 12.3.